The number of hydrogen-bond acceptors (Lipinski definition) is 2. The van der Waals surface area contributed by atoms with E-state index in [1.165, 1.54) is 25.8 Å². The molecule has 0 aromatic carbocycles. The molecule has 14 heavy (non-hydrogen) atoms. The first-order valence-electron chi connectivity index (χ1n) is 5.89. The first kappa shape index (κ1) is 12.0. The van der Waals surface area contributed by atoms with E-state index < -0.39 is 0 Å². The van der Waals surface area contributed by atoms with E-state index in [2.05, 4.69) is 45.2 Å². The third-order valence-corrected chi connectivity index (χ3v) is 2.96. The summed E-state index contributed by atoms with van der Waals surface area (Å²) in [5, 5.41) is 2.26. The van der Waals surface area contributed by atoms with E-state index in [0.717, 1.165) is 5.92 Å². The molecule has 0 aromatic heterocycles. The van der Waals surface area contributed by atoms with Gasteiger partial charge in [0.15, 0.2) is 0 Å². The van der Waals surface area contributed by atoms with Gasteiger partial charge in [-0.1, -0.05) is 34.1 Å². The average molecular weight is 198 g/mol. The molecule has 0 saturated carbocycles. The van der Waals surface area contributed by atoms with Crippen LogP contribution in [-0.4, -0.2) is 24.6 Å². The second-order valence-corrected chi connectivity index (χ2v) is 5.93. The Kier molecular flexibility index (Phi) is 3.96. The van der Waals surface area contributed by atoms with Crippen molar-refractivity contribution >= 4 is 0 Å². The number of hydrogen-bond donors (Lipinski definition) is 1. The third kappa shape index (κ3) is 3.58. The van der Waals surface area contributed by atoms with Gasteiger partial charge in [-0.25, -0.2) is 5.01 Å². The topological polar surface area (TPSA) is 15.3 Å². The molecule has 0 aromatic rings. The maximum Gasteiger partial charge on any atom is 0.0261 e. The van der Waals surface area contributed by atoms with Gasteiger partial charge in [0.1, 0.15) is 0 Å². The minimum Gasteiger partial charge on any atom is -0.252 e. The van der Waals surface area contributed by atoms with E-state index in [1.807, 2.05) is 0 Å². The molecule has 2 heteroatoms. The Morgan fingerprint density at radius 1 is 1.36 bits per heavy atom. The van der Waals surface area contributed by atoms with E-state index in [-0.39, 0.29) is 0 Å². The fraction of sp³-hybridized carbons (Fsp3) is 1.00. The molecule has 0 radical (unpaired) electrons. The highest BCUT2D eigenvalue weighted by Crippen LogP contribution is 2.29. The van der Waals surface area contributed by atoms with Crippen molar-refractivity contribution in [1.29, 1.82) is 0 Å². The van der Waals surface area contributed by atoms with Gasteiger partial charge in [0.25, 0.3) is 0 Å². The van der Waals surface area contributed by atoms with E-state index >= 15 is 0 Å². The quantitative estimate of drug-likeness (QED) is 0.750. The highest BCUT2D eigenvalue weighted by Gasteiger charge is 2.32. The van der Waals surface area contributed by atoms with E-state index in [9.17, 15) is 0 Å². The lowest BCUT2D eigenvalue weighted by molar-refractivity contribution is 0.244. The van der Waals surface area contributed by atoms with Crippen molar-refractivity contribution in [3.05, 3.63) is 0 Å². The van der Waals surface area contributed by atoms with Crippen LogP contribution in [0.1, 0.15) is 47.0 Å². The highest BCUT2D eigenvalue weighted by atomic mass is 15.5. The van der Waals surface area contributed by atoms with Gasteiger partial charge in [-0.2, -0.15) is 0 Å². The van der Waals surface area contributed by atoms with Gasteiger partial charge in [-0.05, 0) is 24.2 Å². The van der Waals surface area contributed by atoms with Gasteiger partial charge in [-0.15, -0.1) is 0 Å². The largest absolute Gasteiger partial charge is 0.252 e. The summed E-state index contributed by atoms with van der Waals surface area (Å²) in [6.45, 7) is 10.5. The summed E-state index contributed by atoms with van der Waals surface area (Å²) in [5.74, 6) is 0.851. The Balaban J connectivity index is 2.49. The first-order valence-corrected chi connectivity index (χ1v) is 5.89. The number of nitrogens with zero attached hydrogens (tertiary/aromatic N) is 1. The Labute approximate surface area is 89.0 Å². The van der Waals surface area contributed by atoms with E-state index in [0.29, 0.717) is 11.5 Å². The third-order valence-electron chi connectivity index (χ3n) is 2.96. The van der Waals surface area contributed by atoms with Crippen molar-refractivity contribution in [3.8, 4) is 0 Å². The fourth-order valence-corrected chi connectivity index (χ4v) is 2.46. The molecule has 0 aliphatic carbocycles. The van der Waals surface area contributed by atoms with Crippen molar-refractivity contribution in [1.82, 2.24) is 10.4 Å². The Morgan fingerprint density at radius 3 is 2.50 bits per heavy atom. The lowest BCUT2D eigenvalue weighted by atomic mass is 9.82. The van der Waals surface area contributed by atoms with Crippen LogP contribution in [0.25, 0.3) is 0 Å². The lowest BCUT2D eigenvalue weighted by Crippen LogP contribution is -2.36. The van der Waals surface area contributed by atoms with Crippen LogP contribution in [-0.2, 0) is 0 Å². The summed E-state index contributed by atoms with van der Waals surface area (Å²) in [7, 11) is 2.16. The van der Waals surface area contributed by atoms with Gasteiger partial charge in [0.2, 0.25) is 0 Å². The summed E-state index contributed by atoms with van der Waals surface area (Å²) < 4.78 is 0. The van der Waals surface area contributed by atoms with Crippen LogP contribution < -0.4 is 5.43 Å². The van der Waals surface area contributed by atoms with Gasteiger partial charge < -0.3 is 0 Å². The molecule has 0 spiro atoms. The molecule has 1 N–H and O–H groups in total. The van der Waals surface area contributed by atoms with Crippen LogP contribution in [0.3, 0.4) is 0 Å². The normalized spacial score (nSPS) is 29.8. The monoisotopic (exact) mass is 198 g/mol. The molecule has 1 heterocycles. The smallest absolute Gasteiger partial charge is 0.0261 e. The minimum atomic E-state index is 0.439. The predicted molar refractivity (Wildman–Crippen MR) is 62.0 cm³/mol. The predicted octanol–water partition coefficient (Wildman–Crippen LogP) is 2.66. The molecule has 1 aliphatic heterocycles. The van der Waals surface area contributed by atoms with E-state index in [4.69, 9.17) is 0 Å². The molecular formula is C12H26N2. The van der Waals surface area contributed by atoms with Gasteiger partial charge >= 0.3 is 0 Å². The number of hydrazine groups is 1. The molecule has 1 saturated heterocycles. The van der Waals surface area contributed by atoms with Crippen LogP contribution in [0.5, 0.6) is 0 Å². The Hall–Kier alpha value is -0.0800. The van der Waals surface area contributed by atoms with Crippen molar-refractivity contribution < 1.29 is 0 Å². The molecule has 84 valence electrons. The molecular weight excluding hydrogens is 172 g/mol. The van der Waals surface area contributed by atoms with Gasteiger partial charge in [0, 0.05) is 19.6 Å². The maximum absolute atomic E-state index is 3.58. The van der Waals surface area contributed by atoms with Crippen molar-refractivity contribution in [2.45, 2.75) is 53.0 Å². The highest BCUT2D eigenvalue weighted by molar-refractivity contribution is 4.86. The summed E-state index contributed by atoms with van der Waals surface area (Å²) in [4.78, 5) is 0. The number of nitrogens with one attached hydrogen (secondary N) is 1. The van der Waals surface area contributed by atoms with Crippen LogP contribution in [0, 0.1) is 11.3 Å². The Bertz CT molecular complexity index is 172. The van der Waals surface area contributed by atoms with Gasteiger partial charge in [-0.3, -0.25) is 5.43 Å². The van der Waals surface area contributed by atoms with Crippen LogP contribution in [0.15, 0.2) is 0 Å². The lowest BCUT2D eigenvalue weighted by Gasteiger charge is -2.26. The summed E-state index contributed by atoms with van der Waals surface area (Å²) >= 11 is 0. The molecule has 2 atom stereocenters. The summed E-state index contributed by atoms with van der Waals surface area (Å²) in [6.07, 6.45) is 3.95. The maximum atomic E-state index is 3.58. The summed E-state index contributed by atoms with van der Waals surface area (Å²) in [6, 6.07) is 0.694. The van der Waals surface area contributed by atoms with Crippen molar-refractivity contribution in [3.63, 3.8) is 0 Å². The van der Waals surface area contributed by atoms with Crippen LogP contribution in [0.2, 0.25) is 0 Å². The van der Waals surface area contributed by atoms with E-state index in [1.54, 1.807) is 0 Å². The molecule has 1 aliphatic rings. The molecule has 1 fully saturated rings. The van der Waals surface area contributed by atoms with Crippen LogP contribution >= 0.6 is 0 Å². The molecule has 1 rings (SSSR count). The minimum absolute atomic E-state index is 0.439. The Morgan fingerprint density at radius 2 is 2.00 bits per heavy atom. The number of rotatable bonds is 3. The molecule has 0 amide bonds. The van der Waals surface area contributed by atoms with Gasteiger partial charge in [0.05, 0.1) is 0 Å². The van der Waals surface area contributed by atoms with Crippen LogP contribution in [0.4, 0.5) is 0 Å². The SMILES string of the molecule is CCCC1CN(C)NC1CC(C)(C)C. The second kappa shape index (κ2) is 4.63. The zero-order chi connectivity index (χ0) is 10.8. The molecule has 2 unspecified atom stereocenters. The second-order valence-electron chi connectivity index (χ2n) is 5.93. The zero-order valence-electron chi connectivity index (χ0n) is 10.4. The first-order chi connectivity index (χ1) is 6.42. The standard InChI is InChI=1S/C12H26N2/c1-6-7-10-9-14(5)13-11(10)8-12(2,3)4/h10-11,13H,6-9H2,1-5H3. The van der Waals surface area contributed by atoms with Crippen molar-refractivity contribution in [2.75, 3.05) is 13.6 Å². The van der Waals surface area contributed by atoms with Crippen molar-refractivity contribution in [2.24, 2.45) is 11.3 Å². The molecule has 2 nitrogen and oxygen atoms in total. The average Bonchev–Trinajstić information content (AvgIpc) is 2.28. The molecule has 0 bridgehead atoms. The zero-order valence-corrected chi connectivity index (χ0v) is 10.4. The summed E-state index contributed by atoms with van der Waals surface area (Å²) in [5.41, 5.74) is 4.02. The fourth-order valence-electron chi connectivity index (χ4n) is 2.46.